The Morgan fingerprint density at radius 2 is 1.90 bits per heavy atom. The minimum absolute atomic E-state index is 0.0130. The van der Waals surface area contributed by atoms with Crippen molar-refractivity contribution in [3.8, 4) is 0 Å². The first-order chi connectivity index (χ1) is 9.72. The number of nitrogens with two attached hydrogens (primary N) is 1. The van der Waals surface area contributed by atoms with Crippen LogP contribution in [0.25, 0.3) is 10.8 Å². The van der Waals surface area contributed by atoms with E-state index in [1.54, 1.807) is 0 Å². The maximum absolute atomic E-state index is 12.2. The van der Waals surface area contributed by atoms with Crippen molar-refractivity contribution in [1.29, 1.82) is 0 Å². The summed E-state index contributed by atoms with van der Waals surface area (Å²) in [7, 11) is 0. The van der Waals surface area contributed by atoms with Gasteiger partial charge < -0.3 is 11.1 Å². The maximum atomic E-state index is 12.2. The lowest BCUT2D eigenvalue weighted by Gasteiger charge is -2.15. The number of fused-ring (bicyclic) bond motifs is 1. The molecule has 1 saturated carbocycles. The second kappa shape index (κ2) is 5.25. The molecule has 3 heteroatoms. The number of amides is 1. The Kier molecular flexibility index (Phi) is 3.45. The largest absolute Gasteiger partial charge is 0.351 e. The van der Waals surface area contributed by atoms with Crippen LogP contribution >= 0.6 is 0 Å². The molecule has 1 amide bonds. The van der Waals surface area contributed by atoms with Crippen LogP contribution < -0.4 is 11.1 Å². The molecule has 20 heavy (non-hydrogen) atoms. The fourth-order valence-corrected chi connectivity index (χ4v) is 2.70. The first kappa shape index (κ1) is 13.1. The van der Waals surface area contributed by atoms with Crippen LogP contribution in [0.2, 0.25) is 0 Å². The monoisotopic (exact) mass is 268 g/mol. The van der Waals surface area contributed by atoms with Crippen LogP contribution in [0.3, 0.4) is 0 Å². The molecular formula is C17H20N2O. The number of carbonyl (C=O) groups is 1. The van der Waals surface area contributed by atoms with Crippen molar-refractivity contribution in [2.45, 2.75) is 19.3 Å². The lowest BCUT2D eigenvalue weighted by Crippen LogP contribution is -2.31. The van der Waals surface area contributed by atoms with E-state index >= 15 is 0 Å². The number of carbonyl (C=O) groups excluding carboxylic acids is 1. The molecule has 0 heterocycles. The first-order valence-corrected chi connectivity index (χ1v) is 7.20. The highest BCUT2D eigenvalue weighted by Gasteiger charge is 2.41. The van der Waals surface area contributed by atoms with E-state index in [-0.39, 0.29) is 11.3 Å². The minimum atomic E-state index is 0.0130. The molecule has 3 rings (SSSR count). The van der Waals surface area contributed by atoms with Crippen LogP contribution in [-0.2, 0) is 0 Å². The molecule has 1 aliphatic rings. The topological polar surface area (TPSA) is 55.1 Å². The number of hydrogen-bond donors (Lipinski definition) is 2. The molecule has 0 unspecified atom stereocenters. The van der Waals surface area contributed by atoms with Gasteiger partial charge in [-0.15, -0.1) is 0 Å². The average molecular weight is 268 g/mol. The minimum Gasteiger partial charge on any atom is -0.351 e. The second-order valence-corrected chi connectivity index (χ2v) is 5.78. The van der Waals surface area contributed by atoms with Crippen LogP contribution in [0.5, 0.6) is 0 Å². The van der Waals surface area contributed by atoms with Gasteiger partial charge in [0.05, 0.1) is 0 Å². The number of nitrogens with one attached hydrogen (secondary N) is 1. The zero-order valence-corrected chi connectivity index (χ0v) is 11.6. The van der Waals surface area contributed by atoms with E-state index in [0.29, 0.717) is 6.54 Å². The van der Waals surface area contributed by atoms with Gasteiger partial charge >= 0.3 is 0 Å². The van der Waals surface area contributed by atoms with Crippen LogP contribution in [0.1, 0.15) is 29.6 Å². The van der Waals surface area contributed by atoms with Gasteiger partial charge in [-0.1, -0.05) is 30.3 Å². The van der Waals surface area contributed by atoms with Gasteiger partial charge in [0.15, 0.2) is 0 Å². The fourth-order valence-electron chi connectivity index (χ4n) is 2.70. The summed E-state index contributed by atoms with van der Waals surface area (Å²) in [5.74, 6) is 0.0130. The predicted octanol–water partition coefficient (Wildman–Crippen LogP) is 2.70. The number of hydrogen-bond acceptors (Lipinski definition) is 2. The third-order valence-electron chi connectivity index (χ3n) is 4.27. The Hall–Kier alpha value is -1.87. The maximum Gasteiger partial charge on any atom is 0.251 e. The highest BCUT2D eigenvalue weighted by molar-refractivity contribution is 5.98. The van der Waals surface area contributed by atoms with Crippen molar-refractivity contribution in [2.75, 3.05) is 13.1 Å². The second-order valence-electron chi connectivity index (χ2n) is 5.78. The first-order valence-electron chi connectivity index (χ1n) is 7.20. The molecule has 2 aromatic rings. The molecule has 0 aromatic heterocycles. The molecular weight excluding hydrogens is 248 g/mol. The Morgan fingerprint density at radius 1 is 1.15 bits per heavy atom. The molecule has 0 spiro atoms. The average Bonchev–Trinajstić information content (AvgIpc) is 3.25. The predicted molar refractivity (Wildman–Crippen MR) is 81.6 cm³/mol. The van der Waals surface area contributed by atoms with E-state index in [9.17, 15) is 4.79 Å². The summed E-state index contributed by atoms with van der Waals surface area (Å²) in [5.41, 5.74) is 6.63. The Bertz CT molecular complexity index is 632. The van der Waals surface area contributed by atoms with Gasteiger partial charge in [-0.05, 0) is 54.1 Å². The normalized spacial score (nSPS) is 16.1. The van der Waals surface area contributed by atoms with Crippen LogP contribution in [0.4, 0.5) is 0 Å². The summed E-state index contributed by atoms with van der Waals surface area (Å²) in [6.45, 7) is 1.45. The van der Waals surface area contributed by atoms with Crippen LogP contribution in [0.15, 0.2) is 42.5 Å². The molecule has 0 saturated heterocycles. The highest BCUT2D eigenvalue weighted by Crippen LogP contribution is 2.47. The van der Waals surface area contributed by atoms with Gasteiger partial charge in [0.2, 0.25) is 0 Å². The Morgan fingerprint density at radius 3 is 2.60 bits per heavy atom. The van der Waals surface area contributed by atoms with Gasteiger partial charge in [-0.3, -0.25) is 4.79 Å². The SMILES string of the molecule is NCCC1(CNC(=O)c2ccc3ccccc3c2)CC1. The van der Waals surface area contributed by atoms with Crippen molar-refractivity contribution in [2.24, 2.45) is 11.1 Å². The fraction of sp³-hybridized carbons (Fsp3) is 0.353. The summed E-state index contributed by atoms with van der Waals surface area (Å²) in [5, 5.41) is 5.32. The molecule has 0 bridgehead atoms. The molecule has 2 aromatic carbocycles. The van der Waals surface area contributed by atoms with E-state index < -0.39 is 0 Å². The van der Waals surface area contributed by atoms with Crippen molar-refractivity contribution < 1.29 is 4.79 Å². The molecule has 0 radical (unpaired) electrons. The summed E-state index contributed by atoms with van der Waals surface area (Å²) in [6, 6.07) is 13.9. The zero-order valence-electron chi connectivity index (χ0n) is 11.6. The van der Waals surface area contributed by atoms with Gasteiger partial charge in [-0.2, -0.15) is 0 Å². The molecule has 1 aliphatic carbocycles. The van der Waals surface area contributed by atoms with Crippen LogP contribution in [0, 0.1) is 5.41 Å². The summed E-state index contributed by atoms with van der Waals surface area (Å²) < 4.78 is 0. The molecule has 1 fully saturated rings. The van der Waals surface area contributed by atoms with Crippen molar-refractivity contribution in [3.63, 3.8) is 0 Å². The number of benzene rings is 2. The van der Waals surface area contributed by atoms with Crippen molar-refractivity contribution >= 4 is 16.7 Å². The van der Waals surface area contributed by atoms with E-state index in [2.05, 4.69) is 11.4 Å². The lowest BCUT2D eigenvalue weighted by atomic mass is 10.0. The van der Waals surface area contributed by atoms with Crippen molar-refractivity contribution in [1.82, 2.24) is 5.32 Å². The summed E-state index contributed by atoms with van der Waals surface area (Å²) >= 11 is 0. The van der Waals surface area contributed by atoms with Gasteiger partial charge in [0, 0.05) is 12.1 Å². The molecule has 104 valence electrons. The molecule has 0 atom stereocenters. The third kappa shape index (κ3) is 2.68. The molecule has 3 N–H and O–H groups in total. The van der Waals surface area contributed by atoms with E-state index in [1.807, 2.05) is 36.4 Å². The Labute approximate surface area is 119 Å². The van der Waals surface area contributed by atoms with Gasteiger partial charge in [0.25, 0.3) is 5.91 Å². The standard InChI is InChI=1S/C17H20N2O/c18-10-9-17(7-8-17)12-19-16(20)15-6-5-13-3-1-2-4-14(13)11-15/h1-6,11H,7-10,12,18H2,(H,19,20). The quantitative estimate of drug-likeness (QED) is 0.876. The summed E-state index contributed by atoms with van der Waals surface area (Å²) in [4.78, 5) is 12.2. The van der Waals surface area contributed by atoms with E-state index in [4.69, 9.17) is 5.73 Å². The zero-order chi connectivity index (χ0) is 14.0. The smallest absolute Gasteiger partial charge is 0.251 e. The van der Waals surface area contributed by atoms with Crippen LogP contribution in [-0.4, -0.2) is 19.0 Å². The van der Waals surface area contributed by atoms with Gasteiger partial charge in [-0.25, -0.2) is 0 Å². The van der Waals surface area contributed by atoms with Crippen molar-refractivity contribution in [3.05, 3.63) is 48.0 Å². The molecule has 3 nitrogen and oxygen atoms in total. The lowest BCUT2D eigenvalue weighted by molar-refractivity contribution is 0.0944. The van der Waals surface area contributed by atoms with E-state index in [1.165, 1.54) is 12.8 Å². The third-order valence-corrected chi connectivity index (χ3v) is 4.27. The summed E-state index contributed by atoms with van der Waals surface area (Å²) in [6.07, 6.45) is 3.37. The molecule has 0 aliphatic heterocycles. The highest BCUT2D eigenvalue weighted by atomic mass is 16.1. The van der Waals surface area contributed by atoms with E-state index in [0.717, 1.165) is 29.3 Å². The van der Waals surface area contributed by atoms with Gasteiger partial charge in [0.1, 0.15) is 0 Å². The Balaban J connectivity index is 1.69. The number of rotatable bonds is 5.